The molecule has 2 heterocycles. The smallest absolute Gasteiger partial charge is 0.200 e. The van der Waals surface area contributed by atoms with E-state index in [0.29, 0.717) is 12.0 Å². The molecule has 0 radical (unpaired) electrons. The van der Waals surface area contributed by atoms with Gasteiger partial charge < -0.3 is 10.3 Å². The van der Waals surface area contributed by atoms with Crippen molar-refractivity contribution in [2.75, 3.05) is 5.73 Å². The van der Waals surface area contributed by atoms with Crippen molar-refractivity contribution < 1.29 is 0 Å². The molecule has 0 amide bonds. The minimum atomic E-state index is 0.368. The lowest BCUT2D eigenvalue weighted by molar-refractivity contribution is 0.552. The van der Waals surface area contributed by atoms with E-state index in [0.717, 1.165) is 6.42 Å². The molecule has 0 saturated heterocycles. The van der Waals surface area contributed by atoms with Crippen LogP contribution >= 0.6 is 11.3 Å². The quantitative estimate of drug-likeness (QED) is 0.839. The minimum absolute atomic E-state index is 0.368. The Morgan fingerprint density at radius 1 is 1.64 bits per heavy atom. The SMILES string of the molecule is CC(Cc1ccsc1)n1ccnc1N. The van der Waals surface area contributed by atoms with E-state index in [-0.39, 0.29) is 0 Å². The summed E-state index contributed by atoms with van der Waals surface area (Å²) in [6.45, 7) is 2.15. The number of nitrogens with two attached hydrogens (primary N) is 1. The fourth-order valence-electron chi connectivity index (χ4n) is 1.55. The summed E-state index contributed by atoms with van der Waals surface area (Å²) in [5, 5.41) is 4.27. The number of hydrogen-bond acceptors (Lipinski definition) is 3. The van der Waals surface area contributed by atoms with Crippen LogP contribution in [0.15, 0.2) is 29.2 Å². The lowest BCUT2D eigenvalue weighted by atomic mass is 10.1. The molecule has 14 heavy (non-hydrogen) atoms. The van der Waals surface area contributed by atoms with Gasteiger partial charge in [-0.25, -0.2) is 4.98 Å². The molecule has 0 fully saturated rings. The van der Waals surface area contributed by atoms with Gasteiger partial charge in [0.25, 0.3) is 0 Å². The molecular weight excluding hydrogens is 194 g/mol. The highest BCUT2D eigenvalue weighted by Gasteiger charge is 2.08. The Kier molecular flexibility index (Phi) is 2.54. The summed E-state index contributed by atoms with van der Waals surface area (Å²) in [5.74, 6) is 0.590. The van der Waals surface area contributed by atoms with E-state index in [1.54, 1.807) is 17.5 Å². The molecule has 74 valence electrons. The number of aromatic nitrogens is 2. The van der Waals surface area contributed by atoms with E-state index in [2.05, 4.69) is 28.7 Å². The summed E-state index contributed by atoms with van der Waals surface area (Å²) in [4.78, 5) is 4.01. The van der Waals surface area contributed by atoms with Gasteiger partial charge in [-0.15, -0.1) is 0 Å². The molecule has 0 aliphatic carbocycles. The van der Waals surface area contributed by atoms with Crippen molar-refractivity contribution in [1.29, 1.82) is 0 Å². The highest BCUT2D eigenvalue weighted by Crippen LogP contribution is 2.18. The van der Waals surface area contributed by atoms with Gasteiger partial charge in [-0.1, -0.05) is 0 Å². The van der Waals surface area contributed by atoms with Gasteiger partial charge in [-0.2, -0.15) is 11.3 Å². The van der Waals surface area contributed by atoms with Crippen molar-refractivity contribution in [1.82, 2.24) is 9.55 Å². The van der Waals surface area contributed by atoms with Gasteiger partial charge in [-0.05, 0) is 35.7 Å². The second-order valence-electron chi connectivity index (χ2n) is 3.38. The van der Waals surface area contributed by atoms with Crippen LogP contribution in [0.4, 0.5) is 5.95 Å². The highest BCUT2D eigenvalue weighted by atomic mass is 32.1. The van der Waals surface area contributed by atoms with Crippen molar-refractivity contribution in [2.24, 2.45) is 0 Å². The van der Waals surface area contributed by atoms with E-state index in [4.69, 9.17) is 5.73 Å². The first-order chi connectivity index (χ1) is 6.77. The summed E-state index contributed by atoms with van der Waals surface area (Å²) in [6.07, 6.45) is 4.66. The Hall–Kier alpha value is -1.29. The van der Waals surface area contributed by atoms with E-state index in [1.165, 1.54) is 5.56 Å². The Labute approximate surface area is 87.2 Å². The summed E-state index contributed by atoms with van der Waals surface area (Å²) in [6, 6.07) is 2.51. The highest BCUT2D eigenvalue weighted by molar-refractivity contribution is 7.07. The first-order valence-corrected chi connectivity index (χ1v) is 5.51. The molecule has 2 N–H and O–H groups in total. The van der Waals surface area contributed by atoms with Crippen LogP contribution in [0.3, 0.4) is 0 Å². The summed E-state index contributed by atoms with van der Waals surface area (Å²) in [5.41, 5.74) is 7.08. The second kappa shape index (κ2) is 3.84. The van der Waals surface area contributed by atoms with Crippen LogP contribution in [0.1, 0.15) is 18.5 Å². The third-order valence-electron chi connectivity index (χ3n) is 2.28. The first kappa shape index (κ1) is 9.27. The molecule has 3 nitrogen and oxygen atoms in total. The maximum atomic E-state index is 5.72. The van der Waals surface area contributed by atoms with Crippen LogP contribution in [0.25, 0.3) is 0 Å². The Morgan fingerprint density at radius 3 is 3.07 bits per heavy atom. The summed E-state index contributed by atoms with van der Waals surface area (Å²) < 4.78 is 2.00. The fourth-order valence-corrected chi connectivity index (χ4v) is 2.23. The molecule has 0 aromatic carbocycles. The monoisotopic (exact) mass is 207 g/mol. The third kappa shape index (κ3) is 1.80. The molecule has 2 aromatic heterocycles. The van der Waals surface area contributed by atoms with Gasteiger partial charge in [-0.3, -0.25) is 0 Å². The second-order valence-corrected chi connectivity index (χ2v) is 4.16. The lowest BCUT2D eigenvalue weighted by Crippen LogP contribution is -2.10. The zero-order valence-electron chi connectivity index (χ0n) is 8.05. The van der Waals surface area contributed by atoms with Crippen LogP contribution in [0, 0.1) is 0 Å². The largest absolute Gasteiger partial charge is 0.369 e. The molecule has 2 rings (SSSR count). The van der Waals surface area contributed by atoms with Crippen molar-refractivity contribution in [3.63, 3.8) is 0 Å². The number of thiophene rings is 1. The van der Waals surface area contributed by atoms with Gasteiger partial charge in [0.05, 0.1) is 0 Å². The zero-order chi connectivity index (χ0) is 9.97. The van der Waals surface area contributed by atoms with E-state index < -0.39 is 0 Å². The average molecular weight is 207 g/mol. The maximum Gasteiger partial charge on any atom is 0.200 e. The fraction of sp³-hybridized carbons (Fsp3) is 0.300. The molecule has 0 aliphatic rings. The van der Waals surface area contributed by atoms with Gasteiger partial charge in [0, 0.05) is 18.4 Å². The molecule has 1 atom stereocenters. The van der Waals surface area contributed by atoms with Gasteiger partial charge in [0.2, 0.25) is 0 Å². The van der Waals surface area contributed by atoms with Crippen LogP contribution < -0.4 is 5.73 Å². The number of anilines is 1. The molecule has 2 aromatic rings. The van der Waals surface area contributed by atoms with E-state index in [1.807, 2.05) is 10.8 Å². The number of nitrogen functional groups attached to an aromatic ring is 1. The Morgan fingerprint density at radius 2 is 2.50 bits per heavy atom. The zero-order valence-corrected chi connectivity index (χ0v) is 8.87. The van der Waals surface area contributed by atoms with Gasteiger partial charge >= 0.3 is 0 Å². The van der Waals surface area contributed by atoms with Gasteiger partial charge in [0.1, 0.15) is 0 Å². The van der Waals surface area contributed by atoms with E-state index in [9.17, 15) is 0 Å². The molecule has 0 bridgehead atoms. The molecule has 4 heteroatoms. The molecule has 0 spiro atoms. The minimum Gasteiger partial charge on any atom is -0.369 e. The predicted octanol–water partition coefficient (Wildman–Crippen LogP) is 2.33. The first-order valence-electron chi connectivity index (χ1n) is 4.57. The van der Waals surface area contributed by atoms with Crippen molar-refractivity contribution in [2.45, 2.75) is 19.4 Å². The maximum absolute atomic E-state index is 5.72. The number of imidazole rings is 1. The molecular formula is C10H13N3S. The average Bonchev–Trinajstić information content (AvgIpc) is 2.75. The van der Waals surface area contributed by atoms with Crippen LogP contribution in [0.5, 0.6) is 0 Å². The van der Waals surface area contributed by atoms with Crippen molar-refractivity contribution in [3.05, 3.63) is 34.8 Å². The molecule has 0 aliphatic heterocycles. The van der Waals surface area contributed by atoms with E-state index >= 15 is 0 Å². The van der Waals surface area contributed by atoms with Crippen molar-refractivity contribution >= 4 is 17.3 Å². The predicted molar refractivity (Wildman–Crippen MR) is 59.4 cm³/mol. The number of rotatable bonds is 3. The third-order valence-corrected chi connectivity index (χ3v) is 3.02. The Balaban J connectivity index is 2.10. The molecule has 1 unspecified atom stereocenters. The van der Waals surface area contributed by atoms with Crippen LogP contribution in [-0.2, 0) is 6.42 Å². The lowest BCUT2D eigenvalue weighted by Gasteiger charge is -2.13. The standard InChI is InChI=1S/C10H13N3S/c1-8(6-9-2-5-14-7-9)13-4-3-12-10(13)11/h2-5,7-8H,6H2,1H3,(H2,11,12). The van der Waals surface area contributed by atoms with Crippen molar-refractivity contribution in [3.8, 4) is 0 Å². The van der Waals surface area contributed by atoms with Gasteiger partial charge in [0.15, 0.2) is 5.95 Å². The summed E-state index contributed by atoms with van der Waals surface area (Å²) >= 11 is 1.73. The van der Waals surface area contributed by atoms with Crippen LogP contribution in [-0.4, -0.2) is 9.55 Å². The Bertz CT molecular complexity index is 391. The number of hydrogen-bond donors (Lipinski definition) is 1. The van der Waals surface area contributed by atoms with Crippen LogP contribution in [0.2, 0.25) is 0 Å². The molecule has 0 saturated carbocycles. The normalized spacial score (nSPS) is 12.9. The number of nitrogens with zero attached hydrogens (tertiary/aromatic N) is 2. The summed E-state index contributed by atoms with van der Waals surface area (Å²) in [7, 11) is 0. The topological polar surface area (TPSA) is 43.8 Å².